The van der Waals surface area contributed by atoms with Crippen molar-refractivity contribution in [3.8, 4) is 5.75 Å². The predicted octanol–water partition coefficient (Wildman–Crippen LogP) is 6.49. The van der Waals surface area contributed by atoms with E-state index in [4.69, 9.17) is 14.5 Å². The first kappa shape index (κ1) is 22.7. The fourth-order valence-corrected chi connectivity index (χ4v) is 5.24. The Hall–Kier alpha value is -3.06. The smallest absolute Gasteiger partial charge is 0.167 e. The van der Waals surface area contributed by atoms with Gasteiger partial charge in [0.1, 0.15) is 18.2 Å². The van der Waals surface area contributed by atoms with Crippen LogP contribution in [-0.4, -0.2) is 35.3 Å². The molecule has 0 saturated heterocycles. The van der Waals surface area contributed by atoms with Crippen molar-refractivity contribution in [1.82, 2.24) is 15.0 Å². The average Bonchev–Trinajstić information content (AvgIpc) is 3.26. The first-order chi connectivity index (χ1) is 16.5. The van der Waals surface area contributed by atoms with Crippen molar-refractivity contribution in [3.63, 3.8) is 0 Å². The molecule has 2 aromatic heterocycles. The topological polar surface area (TPSA) is 60.0 Å². The molecule has 0 aliphatic heterocycles. The quantitative estimate of drug-likeness (QED) is 0.317. The summed E-state index contributed by atoms with van der Waals surface area (Å²) in [5.74, 6) is 1.53. The van der Waals surface area contributed by atoms with Crippen molar-refractivity contribution >= 4 is 21.9 Å². The van der Waals surface area contributed by atoms with Crippen LogP contribution in [0.4, 0.5) is 8.78 Å². The van der Waals surface area contributed by atoms with E-state index in [0.29, 0.717) is 29.5 Å². The van der Waals surface area contributed by atoms with Crippen LogP contribution in [0, 0.1) is 17.6 Å². The van der Waals surface area contributed by atoms with Crippen LogP contribution in [-0.2, 0) is 4.74 Å². The Kier molecular flexibility index (Phi) is 6.46. The molecule has 0 bridgehead atoms. The van der Waals surface area contributed by atoms with E-state index in [0.717, 1.165) is 42.4 Å². The molecule has 1 aliphatic rings. The third kappa shape index (κ3) is 4.49. The van der Waals surface area contributed by atoms with Crippen LogP contribution in [0.3, 0.4) is 0 Å². The van der Waals surface area contributed by atoms with Crippen molar-refractivity contribution in [1.29, 1.82) is 0 Å². The van der Waals surface area contributed by atoms with Gasteiger partial charge < -0.3 is 14.5 Å². The molecule has 1 N–H and O–H groups in total. The number of fused-ring (bicyclic) bond motifs is 2. The van der Waals surface area contributed by atoms with Crippen LogP contribution in [0.2, 0.25) is 0 Å². The Morgan fingerprint density at radius 3 is 2.65 bits per heavy atom. The molecule has 0 radical (unpaired) electrons. The maximum absolute atomic E-state index is 14.4. The van der Waals surface area contributed by atoms with Crippen molar-refractivity contribution in [2.24, 2.45) is 5.92 Å². The highest BCUT2D eigenvalue weighted by Gasteiger charge is 2.29. The van der Waals surface area contributed by atoms with E-state index in [9.17, 15) is 8.78 Å². The van der Waals surface area contributed by atoms with Gasteiger partial charge in [0.05, 0.1) is 23.2 Å². The van der Waals surface area contributed by atoms with Gasteiger partial charge in [-0.25, -0.2) is 13.8 Å². The van der Waals surface area contributed by atoms with Gasteiger partial charge in [0.25, 0.3) is 0 Å². The molecule has 0 spiro atoms. The molecule has 1 atom stereocenters. The number of nitrogens with one attached hydrogen (secondary N) is 1. The van der Waals surface area contributed by atoms with Crippen LogP contribution < -0.4 is 4.74 Å². The highest BCUT2D eigenvalue weighted by Crippen LogP contribution is 2.43. The number of hydrogen-bond acceptors (Lipinski definition) is 4. The van der Waals surface area contributed by atoms with Gasteiger partial charge in [0.2, 0.25) is 0 Å². The molecule has 178 valence electrons. The summed E-state index contributed by atoms with van der Waals surface area (Å²) < 4.78 is 38.7. The first-order valence-corrected chi connectivity index (χ1v) is 11.9. The second-order valence-corrected chi connectivity index (χ2v) is 9.23. The van der Waals surface area contributed by atoms with E-state index in [-0.39, 0.29) is 24.1 Å². The van der Waals surface area contributed by atoms with Crippen molar-refractivity contribution in [2.45, 2.75) is 44.4 Å². The number of imidazole rings is 1. The summed E-state index contributed by atoms with van der Waals surface area (Å²) in [5, 5.41) is 0.918. The van der Waals surface area contributed by atoms with Crippen molar-refractivity contribution < 1.29 is 18.3 Å². The Morgan fingerprint density at radius 2 is 1.85 bits per heavy atom. The highest BCUT2D eigenvalue weighted by molar-refractivity contribution is 5.82. The lowest BCUT2D eigenvalue weighted by Gasteiger charge is -2.32. The lowest BCUT2D eigenvalue weighted by atomic mass is 9.73. The number of halogens is 2. The van der Waals surface area contributed by atoms with Gasteiger partial charge in [-0.05, 0) is 67.3 Å². The van der Waals surface area contributed by atoms with Gasteiger partial charge in [-0.3, -0.25) is 4.98 Å². The predicted molar refractivity (Wildman–Crippen MR) is 128 cm³/mol. The molecular weight excluding hydrogens is 436 g/mol. The zero-order valence-corrected chi connectivity index (χ0v) is 19.5. The summed E-state index contributed by atoms with van der Waals surface area (Å²) in [5.41, 5.74) is 3.41. The molecule has 7 heteroatoms. The minimum Gasteiger partial charge on any atom is -0.488 e. The number of aromatic nitrogens is 3. The zero-order chi connectivity index (χ0) is 23.7. The maximum atomic E-state index is 14.4. The van der Waals surface area contributed by atoms with E-state index in [1.807, 2.05) is 12.3 Å². The third-order valence-electron chi connectivity index (χ3n) is 7.19. The van der Waals surface area contributed by atoms with Gasteiger partial charge in [0.15, 0.2) is 11.6 Å². The van der Waals surface area contributed by atoms with E-state index in [2.05, 4.69) is 16.9 Å². The zero-order valence-electron chi connectivity index (χ0n) is 19.5. The Morgan fingerprint density at radius 1 is 1.03 bits per heavy atom. The molecular formula is C27H29F2N3O2. The summed E-state index contributed by atoms with van der Waals surface area (Å²) in [6, 6.07) is 9.96. The number of methoxy groups -OCH3 is 1. The molecule has 2 aromatic carbocycles. The molecule has 4 aromatic rings. The van der Waals surface area contributed by atoms with Crippen LogP contribution in [0.1, 0.15) is 55.8 Å². The number of benzene rings is 2. The fourth-order valence-electron chi connectivity index (χ4n) is 5.24. The molecule has 0 amide bonds. The lowest BCUT2D eigenvalue weighted by Crippen LogP contribution is -2.19. The Balaban J connectivity index is 1.29. The van der Waals surface area contributed by atoms with Gasteiger partial charge in [-0.2, -0.15) is 0 Å². The number of H-pyrrole nitrogens is 1. The van der Waals surface area contributed by atoms with Crippen LogP contribution in [0.5, 0.6) is 5.75 Å². The number of nitrogens with zero attached hydrogens (tertiary/aromatic N) is 2. The van der Waals surface area contributed by atoms with Crippen LogP contribution >= 0.6 is 0 Å². The SMILES string of the molecule is COCCOc1cc2nc([C@H](C)[C@H]3CC[C@@H](c4ccnc5ccc(F)cc54)CC3)[nH]c2cc1F. The summed E-state index contributed by atoms with van der Waals surface area (Å²) in [6.07, 6.45) is 6.02. The Labute approximate surface area is 197 Å². The second-order valence-electron chi connectivity index (χ2n) is 9.23. The molecule has 5 rings (SSSR count). The number of aromatic amines is 1. The second kappa shape index (κ2) is 9.66. The highest BCUT2D eigenvalue weighted by atomic mass is 19.1. The maximum Gasteiger partial charge on any atom is 0.167 e. The lowest BCUT2D eigenvalue weighted by molar-refractivity contribution is 0.144. The van der Waals surface area contributed by atoms with E-state index in [1.54, 1.807) is 25.3 Å². The van der Waals surface area contributed by atoms with E-state index < -0.39 is 5.82 Å². The number of hydrogen-bond donors (Lipinski definition) is 1. The molecule has 1 fully saturated rings. The molecule has 1 saturated carbocycles. The summed E-state index contributed by atoms with van der Waals surface area (Å²) in [7, 11) is 1.58. The number of ether oxygens (including phenoxy) is 2. The van der Waals surface area contributed by atoms with Crippen molar-refractivity contribution in [3.05, 3.63) is 65.6 Å². The van der Waals surface area contributed by atoms with E-state index in [1.165, 1.54) is 17.7 Å². The first-order valence-electron chi connectivity index (χ1n) is 11.9. The Bertz CT molecular complexity index is 1300. The van der Waals surface area contributed by atoms with Gasteiger partial charge >= 0.3 is 0 Å². The third-order valence-corrected chi connectivity index (χ3v) is 7.19. The molecule has 1 aliphatic carbocycles. The molecule has 34 heavy (non-hydrogen) atoms. The largest absolute Gasteiger partial charge is 0.488 e. The number of pyridine rings is 1. The van der Waals surface area contributed by atoms with Crippen LogP contribution in [0.15, 0.2) is 42.6 Å². The summed E-state index contributed by atoms with van der Waals surface area (Å²) >= 11 is 0. The minimum absolute atomic E-state index is 0.191. The standard InChI is InChI=1S/C27H29F2N3O2/c1-16(27-31-24-14-22(29)26(15-25(24)32-27)34-12-11-33-2)17-3-5-18(6-4-17)20-9-10-30-23-8-7-19(28)13-21(20)23/h7-10,13-18H,3-6,11-12H2,1-2H3,(H,31,32)/t16-,17-,18+/m1/s1. The van der Waals surface area contributed by atoms with Crippen LogP contribution in [0.25, 0.3) is 21.9 Å². The summed E-state index contributed by atoms with van der Waals surface area (Å²) in [6.45, 7) is 2.87. The monoisotopic (exact) mass is 465 g/mol. The average molecular weight is 466 g/mol. The molecule has 5 nitrogen and oxygen atoms in total. The molecule has 0 unspecified atom stereocenters. The minimum atomic E-state index is -0.409. The molecule has 2 heterocycles. The van der Waals surface area contributed by atoms with E-state index >= 15 is 0 Å². The normalized spacial score (nSPS) is 19.5. The van der Waals surface area contributed by atoms with Crippen molar-refractivity contribution in [2.75, 3.05) is 20.3 Å². The van der Waals surface area contributed by atoms with Gasteiger partial charge in [0, 0.05) is 36.7 Å². The van der Waals surface area contributed by atoms with Gasteiger partial charge in [-0.15, -0.1) is 0 Å². The number of rotatable bonds is 7. The fraction of sp³-hybridized carbons (Fsp3) is 0.407. The van der Waals surface area contributed by atoms with Gasteiger partial charge in [-0.1, -0.05) is 6.92 Å². The summed E-state index contributed by atoms with van der Waals surface area (Å²) in [4.78, 5) is 12.5.